The smallest absolute Gasteiger partial charge is 0.262 e. The zero-order valence-electron chi connectivity index (χ0n) is 15.1. The molecule has 0 aliphatic carbocycles. The van der Waals surface area contributed by atoms with Crippen molar-refractivity contribution in [1.29, 1.82) is 0 Å². The number of pyridine rings is 1. The fourth-order valence-corrected chi connectivity index (χ4v) is 2.71. The van der Waals surface area contributed by atoms with E-state index in [4.69, 9.17) is 9.47 Å². The number of ether oxygens (including phenoxy) is 2. The Bertz CT molecular complexity index is 932. The van der Waals surface area contributed by atoms with E-state index in [0.29, 0.717) is 17.3 Å². The second kappa shape index (κ2) is 8.31. The highest BCUT2D eigenvalue weighted by Gasteiger charge is 2.22. The van der Waals surface area contributed by atoms with Crippen molar-refractivity contribution >= 4 is 11.7 Å². The lowest BCUT2D eigenvalue weighted by atomic mass is 10.1. The number of nitrogens with zero attached hydrogens (tertiary/aromatic N) is 2. The molecule has 1 aromatic heterocycles. The van der Waals surface area contributed by atoms with E-state index >= 15 is 0 Å². The standard InChI is InChI=1S/C21H19FN2O3/c1-26-18-11-10-15(13-19(18)27-2)14-24(20-9-5-6-12-23-20)21(25)16-7-3-4-8-17(16)22/h3-13H,14H2,1-2H3. The van der Waals surface area contributed by atoms with Crippen molar-refractivity contribution in [3.05, 3.63) is 83.8 Å². The molecule has 0 bridgehead atoms. The molecule has 0 saturated carbocycles. The molecule has 1 amide bonds. The largest absolute Gasteiger partial charge is 0.493 e. The molecule has 0 fully saturated rings. The summed E-state index contributed by atoms with van der Waals surface area (Å²) in [5.41, 5.74) is 0.784. The molecule has 0 N–H and O–H groups in total. The minimum atomic E-state index is -0.573. The van der Waals surface area contributed by atoms with Gasteiger partial charge in [0.1, 0.15) is 11.6 Å². The van der Waals surface area contributed by atoms with E-state index in [-0.39, 0.29) is 12.1 Å². The van der Waals surface area contributed by atoms with Gasteiger partial charge in [0.25, 0.3) is 5.91 Å². The van der Waals surface area contributed by atoms with Crippen LogP contribution in [0.15, 0.2) is 66.9 Å². The lowest BCUT2D eigenvalue weighted by Gasteiger charge is -2.22. The SMILES string of the molecule is COc1ccc(CN(C(=O)c2ccccc2F)c2ccccn2)cc1OC. The van der Waals surface area contributed by atoms with Crippen LogP contribution in [0, 0.1) is 5.82 Å². The van der Waals surface area contributed by atoms with E-state index in [1.54, 1.807) is 62.9 Å². The fourth-order valence-electron chi connectivity index (χ4n) is 2.71. The summed E-state index contributed by atoms with van der Waals surface area (Å²) in [5, 5.41) is 0. The zero-order valence-corrected chi connectivity index (χ0v) is 15.1. The van der Waals surface area contributed by atoms with Crippen molar-refractivity contribution in [2.75, 3.05) is 19.1 Å². The molecule has 6 heteroatoms. The maximum Gasteiger partial charge on any atom is 0.262 e. The first kappa shape index (κ1) is 18.4. The highest BCUT2D eigenvalue weighted by atomic mass is 19.1. The summed E-state index contributed by atoms with van der Waals surface area (Å²) in [5.74, 6) is 0.526. The molecule has 0 radical (unpaired) electrons. The first-order valence-corrected chi connectivity index (χ1v) is 8.32. The summed E-state index contributed by atoms with van der Waals surface area (Å²) in [4.78, 5) is 18.7. The Labute approximate surface area is 157 Å². The first-order chi connectivity index (χ1) is 13.1. The third-order valence-electron chi connectivity index (χ3n) is 4.06. The lowest BCUT2D eigenvalue weighted by Crippen LogP contribution is -2.31. The van der Waals surface area contributed by atoms with Gasteiger partial charge in [-0.3, -0.25) is 9.69 Å². The monoisotopic (exact) mass is 366 g/mol. The summed E-state index contributed by atoms with van der Waals surface area (Å²) in [6.07, 6.45) is 1.59. The van der Waals surface area contributed by atoms with Crippen LogP contribution in [0.4, 0.5) is 10.2 Å². The Morgan fingerprint density at radius 3 is 2.41 bits per heavy atom. The number of carbonyl (C=O) groups is 1. The number of hydrogen-bond acceptors (Lipinski definition) is 4. The second-order valence-electron chi connectivity index (χ2n) is 5.75. The maximum atomic E-state index is 14.2. The van der Waals surface area contributed by atoms with Crippen LogP contribution in [0.2, 0.25) is 0 Å². The molecule has 0 aliphatic rings. The number of rotatable bonds is 6. The molecule has 3 aromatic rings. The van der Waals surface area contributed by atoms with Gasteiger partial charge in [-0.05, 0) is 42.0 Å². The van der Waals surface area contributed by atoms with Crippen LogP contribution in [-0.2, 0) is 6.54 Å². The van der Waals surface area contributed by atoms with Gasteiger partial charge in [0.15, 0.2) is 11.5 Å². The molecule has 0 saturated heterocycles. The number of aromatic nitrogens is 1. The number of carbonyl (C=O) groups excluding carboxylic acids is 1. The molecule has 3 rings (SSSR count). The van der Waals surface area contributed by atoms with Gasteiger partial charge in [-0.2, -0.15) is 0 Å². The Morgan fingerprint density at radius 1 is 1.00 bits per heavy atom. The fraction of sp³-hybridized carbons (Fsp3) is 0.143. The number of hydrogen-bond donors (Lipinski definition) is 0. The van der Waals surface area contributed by atoms with Gasteiger partial charge < -0.3 is 9.47 Å². The van der Waals surface area contributed by atoms with E-state index < -0.39 is 11.7 Å². The summed E-state index contributed by atoms with van der Waals surface area (Å²) >= 11 is 0. The predicted octanol–water partition coefficient (Wildman–Crippen LogP) is 4.08. The number of halogens is 1. The summed E-state index contributed by atoms with van der Waals surface area (Å²) in [7, 11) is 3.10. The number of benzene rings is 2. The van der Waals surface area contributed by atoms with Crippen LogP contribution in [0.1, 0.15) is 15.9 Å². The highest BCUT2D eigenvalue weighted by Crippen LogP contribution is 2.29. The third-order valence-corrected chi connectivity index (χ3v) is 4.06. The Morgan fingerprint density at radius 2 is 1.74 bits per heavy atom. The molecule has 0 unspecified atom stereocenters. The van der Waals surface area contributed by atoms with Crippen molar-refractivity contribution in [2.45, 2.75) is 6.54 Å². The molecule has 1 heterocycles. The Balaban J connectivity index is 1.99. The van der Waals surface area contributed by atoms with Gasteiger partial charge in [-0.1, -0.05) is 24.3 Å². The predicted molar refractivity (Wildman–Crippen MR) is 101 cm³/mol. The van der Waals surface area contributed by atoms with E-state index in [1.165, 1.54) is 17.0 Å². The minimum Gasteiger partial charge on any atom is -0.493 e. The second-order valence-corrected chi connectivity index (χ2v) is 5.75. The van der Waals surface area contributed by atoms with Gasteiger partial charge in [-0.15, -0.1) is 0 Å². The van der Waals surface area contributed by atoms with E-state index in [2.05, 4.69) is 4.98 Å². The van der Waals surface area contributed by atoms with Gasteiger partial charge in [0, 0.05) is 6.20 Å². The van der Waals surface area contributed by atoms with Gasteiger partial charge in [-0.25, -0.2) is 9.37 Å². The molecule has 138 valence electrons. The third kappa shape index (κ3) is 4.06. The van der Waals surface area contributed by atoms with E-state index in [0.717, 1.165) is 5.56 Å². The van der Waals surface area contributed by atoms with Crippen LogP contribution in [-0.4, -0.2) is 25.1 Å². The number of anilines is 1. The summed E-state index contributed by atoms with van der Waals surface area (Å²) in [6, 6.07) is 16.5. The van der Waals surface area contributed by atoms with Gasteiger partial charge >= 0.3 is 0 Å². The lowest BCUT2D eigenvalue weighted by molar-refractivity contribution is 0.0980. The first-order valence-electron chi connectivity index (χ1n) is 8.32. The maximum absolute atomic E-state index is 14.2. The molecule has 27 heavy (non-hydrogen) atoms. The Kier molecular flexibility index (Phi) is 5.66. The Hall–Kier alpha value is -3.41. The van der Waals surface area contributed by atoms with Crippen LogP contribution < -0.4 is 14.4 Å². The topological polar surface area (TPSA) is 51.7 Å². The van der Waals surface area contributed by atoms with Crippen molar-refractivity contribution in [2.24, 2.45) is 0 Å². The molecule has 0 aliphatic heterocycles. The normalized spacial score (nSPS) is 10.3. The van der Waals surface area contributed by atoms with Crippen LogP contribution in [0.5, 0.6) is 11.5 Å². The van der Waals surface area contributed by atoms with Crippen molar-refractivity contribution in [3.8, 4) is 11.5 Å². The number of amides is 1. The van der Waals surface area contributed by atoms with Gasteiger partial charge in [0.05, 0.1) is 26.3 Å². The van der Waals surface area contributed by atoms with Crippen LogP contribution in [0.3, 0.4) is 0 Å². The van der Waals surface area contributed by atoms with Crippen LogP contribution in [0.25, 0.3) is 0 Å². The summed E-state index contributed by atoms with van der Waals surface area (Å²) < 4.78 is 24.7. The zero-order chi connectivity index (χ0) is 19.2. The van der Waals surface area contributed by atoms with Crippen molar-refractivity contribution < 1.29 is 18.7 Å². The summed E-state index contributed by atoms with van der Waals surface area (Å²) in [6.45, 7) is 0.199. The molecule has 0 spiro atoms. The average Bonchev–Trinajstić information content (AvgIpc) is 2.72. The van der Waals surface area contributed by atoms with Crippen molar-refractivity contribution in [1.82, 2.24) is 4.98 Å². The van der Waals surface area contributed by atoms with E-state index in [1.807, 2.05) is 6.07 Å². The molecular formula is C21H19FN2O3. The molecule has 5 nitrogen and oxygen atoms in total. The molecule has 0 atom stereocenters. The highest BCUT2D eigenvalue weighted by molar-refractivity contribution is 6.05. The average molecular weight is 366 g/mol. The minimum absolute atomic E-state index is 0.0105. The molecular weight excluding hydrogens is 347 g/mol. The molecule has 2 aromatic carbocycles. The van der Waals surface area contributed by atoms with Crippen molar-refractivity contribution in [3.63, 3.8) is 0 Å². The number of methoxy groups -OCH3 is 2. The van der Waals surface area contributed by atoms with E-state index in [9.17, 15) is 9.18 Å². The van der Waals surface area contributed by atoms with Crippen LogP contribution >= 0.6 is 0 Å². The quantitative estimate of drug-likeness (QED) is 0.659. The van der Waals surface area contributed by atoms with Gasteiger partial charge in [0.2, 0.25) is 0 Å².